The van der Waals surface area contributed by atoms with Crippen molar-refractivity contribution in [2.24, 2.45) is 11.8 Å². The molecular formula is C19H26O5. The van der Waals surface area contributed by atoms with Crippen molar-refractivity contribution in [2.45, 2.75) is 45.8 Å². The second-order valence-corrected chi connectivity index (χ2v) is 6.60. The van der Waals surface area contributed by atoms with Crippen LogP contribution in [-0.2, 0) is 30.2 Å². The normalized spacial score (nSPS) is 25.4. The van der Waals surface area contributed by atoms with Crippen LogP contribution in [0.25, 0.3) is 0 Å². The molecule has 5 nitrogen and oxygen atoms in total. The maximum absolute atomic E-state index is 12.6. The molecule has 0 N–H and O–H groups in total. The highest BCUT2D eigenvalue weighted by Crippen LogP contribution is 2.24. The fourth-order valence-electron chi connectivity index (χ4n) is 2.76. The molecule has 1 heterocycles. The summed E-state index contributed by atoms with van der Waals surface area (Å²) >= 11 is 0. The van der Waals surface area contributed by atoms with Gasteiger partial charge in [-0.05, 0) is 24.8 Å². The van der Waals surface area contributed by atoms with Crippen LogP contribution in [0.1, 0.15) is 32.8 Å². The van der Waals surface area contributed by atoms with E-state index in [0.29, 0.717) is 18.9 Å². The van der Waals surface area contributed by atoms with Crippen molar-refractivity contribution in [3.8, 4) is 0 Å². The summed E-state index contributed by atoms with van der Waals surface area (Å²) in [6.45, 7) is 6.39. The molecule has 1 aliphatic rings. The summed E-state index contributed by atoms with van der Waals surface area (Å²) in [7, 11) is 0. The molecule has 0 bridgehead atoms. The molecule has 0 amide bonds. The molecule has 3 atom stereocenters. The second-order valence-electron chi connectivity index (χ2n) is 6.60. The zero-order valence-electron chi connectivity index (χ0n) is 14.6. The highest BCUT2D eigenvalue weighted by atomic mass is 16.6. The van der Waals surface area contributed by atoms with Crippen LogP contribution >= 0.6 is 0 Å². The molecule has 1 aliphatic heterocycles. The van der Waals surface area contributed by atoms with Crippen LogP contribution in [0.5, 0.6) is 0 Å². The van der Waals surface area contributed by atoms with Gasteiger partial charge in [0.1, 0.15) is 18.8 Å². The molecule has 1 aromatic rings. The van der Waals surface area contributed by atoms with Gasteiger partial charge in [0.2, 0.25) is 0 Å². The first-order valence-corrected chi connectivity index (χ1v) is 8.49. The maximum Gasteiger partial charge on any atom is 0.312 e. The first-order valence-electron chi connectivity index (χ1n) is 8.49. The summed E-state index contributed by atoms with van der Waals surface area (Å²) in [6.07, 6.45) is -0.465. The van der Waals surface area contributed by atoms with Crippen LogP contribution < -0.4 is 0 Å². The van der Waals surface area contributed by atoms with E-state index in [-0.39, 0.29) is 25.0 Å². The molecule has 132 valence electrons. The quantitative estimate of drug-likeness (QED) is 0.775. The molecule has 1 aromatic carbocycles. The van der Waals surface area contributed by atoms with Gasteiger partial charge in [0.05, 0.1) is 12.3 Å². The van der Waals surface area contributed by atoms with Gasteiger partial charge in [-0.25, -0.2) is 0 Å². The molecule has 0 saturated carbocycles. The van der Waals surface area contributed by atoms with Gasteiger partial charge in [0, 0.05) is 6.61 Å². The summed E-state index contributed by atoms with van der Waals surface area (Å²) in [6, 6.07) is 9.74. The number of carbonyl (C=O) groups is 2. The smallest absolute Gasteiger partial charge is 0.312 e. The van der Waals surface area contributed by atoms with Crippen LogP contribution in [0.2, 0.25) is 0 Å². The number of hydrogen-bond acceptors (Lipinski definition) is 5. The minimum Gasteiger partial charge on any atom is -0.465 e. The van der Waals surface area contributed by atoms with E-state index in [2.05, 4.69) is 0 Å². The molecule has 1 saturated heterocycles. The standard InChI is InChI=1S/C19H26O5/c1-13(2)12-23-18-14(3)24-17(20)9-10-22-19(21)16(18)11-15-7-5-4-6-8-15/h4-8,13-14,16,18H,9-12H2,1-3H3/t14-,16+,18-/m0/s1. The number of rotatable bonds is 5. The summed E-state index contributed by atoms with van der Waals surface area (Å²) in [4.78, 5) is 24.3. The maximum atomic E-state index is 12.6. The topological polar surface area (TPSA) is 61.8 Å². The van der Waals surface area contributed by atoms with Crippen LogP contribution in [-0.4, -0.2) is 37.4 Å². The van der Waals surface area contributed by atoms with Gasteiger partial charge in [-0.1, -0.05) is 44.2 Å². The minimum absolute atomic E-state index is 0.0482. The lowest BCUT2D eigenvalue weighted by atomic mass is 9.91. The Kier molecular flexibility index (Phi) is 6.79. The number of cyclic esters (lactones) is 2. The Labute approximate surface area is 143 Å². The van der Waals surface area contributed by atoms with Crippen molar-refractivity contribution in [3.63, 3.8) is 0 Å². The van der Waals surface area contributed by atoms with E-state index in [1.54, 1.807) is 6.92 Å². The third kappa shape index (κ3) is 5.34. The lowest BCUT2D eigenvalue weighted by Gasteiger charge is -2.30. The fraction of sp³-hybridized carbons (Fsp3) is 0.579. The lowest BCUT2D eigenvalue weighted by Crippen LogP contribution is -2.42. The molecular weight excluding hydrogens is 308 g/mol. The van der Waals surface area contributed by atoms with E-state index in [4.69, 9.17) is 14.2 Å². The van der Waals surface area contributed by atoms with Crippen molar-refractivity contribution >= 4 is 11.9 Å². The lowest BCUT2D eigenvalue weighted by molar-refractivity contribution is -0.164. The molecule has 5 heteroatoms. The third-order valence-corrected chi connectivity index (χ3v) is 3.95. The highest BCUT2D eigenvalue weighted by molar-refractivity contribution is 5.75. The molecule has 0 spiro atoms. The first-order chi connectivity index (χ1) is 11.5. The molecule has 0 aliphatic carbocycles. The van der Waals surface area contributed by atoms with Crippen LogP contribution in [0, 0.1) is 11.8 Å². The SMILES string of the molecule is CC(C)CO[C@H]1[C@H](C)OC(=O)CCOC(=O)[C@@H]1Cc1ccccc1. The second kappa shape index (κ2) is 8.83. The molecule has 0 aromatic heterocycles. The van der Waals surface area contributed by atoms with Crippen molar-refractivity contribution in [1.29, 1.82) is 0 Å². The summed E-state index contributed by atoms with van der Waals surface area (Å²) < 4.78 is 16.7. The molecule has 0 unspecified atom stereocenters. The van der Waals surface area contributed by atoms with Crippen molar-refractivity contribution in [2.75, 3.05) is 13.2 Å². The Hall–Kier alpha value is -1.88. The van der Waals surface area contributed by atoms with Crippen molar-refractivity contribution in [3.05, 3.63) is 35.9 Å². The summed E-state index contributed by atoms with van der Waals surface area (Å²) in [5.74, 6) is -0.896. The Morgan fingerprint density at radius 3 is 2.58 bits per heavy atom. The fourth-order valence-corrected chi connectivity index (χ4v) is 2.76. The van der Waals surface area contributed by atoms with Crippen LogP contribution in [0.3, 0.4) is 0 Å². The predicted octanol–water partition coefficient (Wildman–Crippen LogP) is 2.77. The number of carbonyl (C=O) groups excluding carboxylic acids is 2. The van der Waals surface area contributed by atoms with E-state index in [9.17, 15) is 9.59 Å². The van der Waals surface area contributed by atoms with E-state index in [0.717, 1.165) is 5.56 Å². The Morgan fingerprint density at radius 2 is 1.92 bits per heavy atom. The summed E-state index contributed by atoms with van der Waals surface area (Å²) in [5.41, 5.74) is 1.02. The number of ether oxygens (including phenoxy) is 3. The molecule has 24 heavy (non-hydrogen) atoms. The predicted molar refractivity (Wildman–Crippen MR) is 89.3 cm³/mol. The molecule has 2 rings (SSSR count). The summed E-state index contributed by atoms with van der Waals surface area (Å²) in [5, 5.41) is 0. The minimum atomic E-state index is -0.526. The van der Waals surface area contributed by atoms with Crippen molar-refractivity contribution < 1.29 is 23.8 Å². The Bertz CT molecular complexity index is 540. The van der Waals surface area contributed by atoms with Gasteiger partial charge in [-0.15, -0.1) is 0 Å². The van der Waals surface area contributed by atoms with Gasteiger partial charge in [-0.3, -0.25) is 9.59 Å². The first kappa shape index (κ1) is 18.5. The van der Waals surface area contributed by atoms with E-state index < -0.39 is 18.1 Å². The van der Waals surface area contributed by atoms with Gasteiger partial charge in [-0.2, -0.15) is 0 Å². The van der Waals surface area contributed by atoms with Crippen LogP contribution in [0.4, 0.5) is 0 Å². The zero-order chi connectivity index (χ0) is 17.5. The van der Waals surface area contributed by atoms with E-state index in [1.165, 1.54) is 0 Å². The van der Waals surface area contributed by atoms with Gasteiger partial charge in [0.25, 0.3) is 0 Å². The van der Waals surface area contributed by atoms with E-state index in [1.807, 2.05) is 44.2 Å². The van der Waals surface area contributed by atoms with Crippen LogP contribution in [0.15, 0.2) is 30.3 Å². The Balaban J connectivity index is 2.24. The third-order valence-electron chi connectivity index (χ3n) is 3.95. The number of hydrogen-bond donors (Lipinski definition) is 0. The average molecular weight is 334 g/mol. The number of esters is 2. The Morgan fingerprint density at radius 1 is 1.21 bits per heavy atom. The monoisotopic (exact) mass is 334 g/mol. The molecule has 0 radical (unpaired) electrons. The average Bonchev–Trinajstić information content (AvgIpc) is 2.58. The van der Waals surface area contributed by atoms with E-state index >= 15 is 0 Å². The number of benzene rings is 1. The molecule has 1 fully saturated rings. The highest BCUT2D eigenvalue weighted by Gasteiger charge is 2.37. The largest absolute Gasteiger partial charge is 0.465 e. The zero-order valence-corrected chi connectivity index (χ0v) is 14.6. The van der Waals surface area contributed by atoms with Gasteiger partial charge in [0.15, 0.2) is 0 Å². The van der Waals surface area contributed by atoms with Crippen molar-refractivity contribution in [1.82, 2.24) is 0 Å². The van der Waals surface area contributed by atoms with Gasteiger partial charge < -0.3 is 14.2 Å². The van der Waals surface area contributed by atoms with Gasteiger partial charge >= 0.3 is 11.9 Å².